The van der Waals surface area contributed by atoms with Crippen molar-refractivity contribution in [3.05, 3.63) is 34.2 Å². The van der Waals surface area contributed by atoms with E-state index in [0.29, 0.717) is 32.8 Å². The van der Waals surface area contributed by atoms with Crippen molar-refractivity contribution in [1.82, 2.24) is 20.1 Å². The van der Waals surface area contributed by atoms with Crippen LogP contribution in [0.4, 0.5) is 4.79 Å². The van der Waals surface area contributed by atoms with E-state index in [1.165, 1.54) is 0 Å². The summed E-state index contributed by atoms with van der Waals surface area (Å²) in [6.45, 7) is 9.88. The van der Waals surface area contributed by atoms with E-state index in [9.17, 15) is 14.4 Å². The molecule has 1 fully saturated rings. The zero-order valence-corrected chi connectivity index (χ0v) is 20.3. The maximum absolute atomic E-state index is 13.2. The van der Waals surface area contributed by atoms with E-state index in [0.717, 1.165) is 44.4 Å². The molecule has 2 aliphatic rings. The molecular formula is C25H40N4O4. The SMILES string of the molecule is CCCCOCCCNC(=O)C(NC(=O)N1CC2CC(C1)c1cccc(=O)n1C2)C(C)CC. The van der Waals surface area contributed by atoms with E-state index < -0.39 is 6.04 Å². The van der Waals surface area contributed by atoms with Gasteiger partial charge in [-0.2, -0.15) is 0 Å². The van der Waals surface area contributed by atoms with Gasteiger partial charge in [0.25, 0.3) is 5.56 Å². The molecule has 4 unspecified atom stereocenters. The molecule has 2 N–H and O–H groups in total. The number of piperidine rings is 1. The number of hydrogen-bond donors (Lipinski definition) is 2. The topological polar surface area (TPSA) is 92.7 Å². The Morgan fingerprint density at radius 1 is 1.15 bits per heavy atom. The van der Waals surface area contributed by atoms with Crippen LogP contribution in [0.5, 0.6) is 0 Å². The van der Waals surface area contributed by atoms with Crippen LogP contribution in [0.1, 0.15) is 64.5 Å². The number of ether oxygens (including phenoxy) is 1. The minimum atomic E-state index is -0.569. The summed E-state index contributed by atoms with van der Waals surface area (Å²) in [7, 11) is 0. The maximum Gasteiger partial charge on any atom is 0.318 e. The lowest BCUT2D eigenvalue weighted by Gasteiger charge is -2.43. The average Bonchev–Trinajstić information content (AvgIpc) is 2.81. The summed E-state index contributed by atoms with van der Waals surface area (Å²) >= 11 is 0. The minimum absolute atomic E-state index is 0.0262. The summed E-state index contributed by atoms with van der Waals surface area (Å²) < 4.78 is 7.41. The van der Waals surface area contributed by atoms with Gasteiger partial charge in [-0.25, -0.2) is 4.79 Å². The molecule has 3 heterocycles. The van der Waals surface area contributed by atoms with Crippen LogP contribution in [0.25, 0.3) is 0 Å². The Balaban J connectivity index is 1.55. The smallest absolute Gasteiger partial charge is 0.318 e. The van der Waals surface area contributed by atoms with Crippen molar-refractivity contribution < 1.29 is 14.3 Å². The predicted octanol–water partition coefficient (Wildman–Crippen LogP) is 2.71. The Labute approximate surface area is 197 Å². The highest BCUT2D eigenvalue weighted by Gasteiger charge is 2.37. The third-order valence-corrected chi connectivity index (χ3v) is 6.95. The van der Waals surface area contributed by atoms with Crippen LogP contribution in [-0.4, -0.2) is 60.3 Å². The number of carbonyl (C=O) groups is 2. The van der Waals surface area contributed by atoms with Gasteiger partial charge in [0.15, 0.2) is 0 Å². The Kier molecular flexibility index (Phi) is 9.35. The van der Waals surface area contributed by atoms with E-state index in [2.05, 4.69) is 17.6 Å². The number of rotatable bonds is 11. The molecule has 1 saturated heterocycles. The first kappa shape index (κ1) is 25.3. The zero-order valence-electron chi connectivity index (χ0n) is 20.3. The van der Waals surface area contributed by atoms with Gasteiger partial charge in [-0.15, -0.1) is 0 Å². The molecule has 3 amide bonds. The highest BCUT2D eigenvalue weighted by Crippen LogP contribution is 2.34. The van der Waals surface area contributed by atoms with Crippen molar-refractivity contribution in [2.24, 2.45) is 11.8 Å². The molecule has 184 valence electrons. The lowest BCUT2D eigenvalue weighted by Crippen LogP contribution is -2.57. The molecule has 4 atom stereocenters. The van der Waals surface area contributed by atoms with E-state index >= 15 is 0 Å². The second-order valence-electron chi connectivity index (χ2n) is 9.53. The number of carbonyl (C=O) groups excluding carboxylic acids is 2. The summed E-state index contributed by atoms with van der Waals surface area (Å²) in [5.41, 5.74) is 1.04. The van der Waals surface area contributed by atoms with Crippen LogP contribution in [-0.2, 0) is 16.1 Å². The number of nitrogens with one attached hydrogen (secondary N) is 2. The Morgan fingerprint density at radius 2 is 1.94 bits per heavy atom. The molecule has 0 aliphatic carbocycles. The summed E-state index contributed by atoms with van der Waals surface area (Å²) in [6.07, 6.45) is 4.69. The van der Waals surface area contributed by atoms with Gasteiger partial charge in [0, 0.05) is 57.1 Å². The second kappa shape index (κ2) is 12.2. The molecule has 3 rings (SSSR count). The van der Waals surface area contributed by atoms with Crippen LogP contribution in [0.2, 0.25) is 0 Å². The van der Waals surface area contributed by atoms with Crippen molar-refractivity contribution in [3.63, 3.8) is 0 Å². The van der Waals surface area contributed by atoms with Crippen molar-refractivity contribution in [1.29, 1.82) is 0 Å². The molecule has 0 radical (unpaired) electrons. The second-order valence-corrected chi connectivity index (χ2v) is 9.53. The van der Waals surface area contributed by atoms with Crippen LogP contribution in [0.3, 0.4) is 0 Å². The molecule has 0 aromatic carbocycles. The quantitative estimate of drug-likeness (QED) is 0.497. The summed E-state index contributed by atoms with van der Waals surface area (Å²) in [5, 5.41) is 5.97. The summed E-state index contributed by atoms with van der Waals surface area (Å²) in [5.74, 6) is 0.296. The first-order valence-corrected chi connectivity index (χ1v) is 12.5. The minimum Gasteiger partial charge on any atom is -0.381 e. The largest absolute Gasteiger partial charge is 0.381 e. The number of amides is 3. The van der Waals surface area contributed by atoms with Gasteiger partial charge in [-0.3, -0.25) is 9.59 Å². The molecule has 8 nitrogen and oxygen atoms in total. The fourth-order valence-corrected chi connectivity index (χ4v) is 4.83. The first-order chi connectivity index (χ1) is 15.9. The van der Waals surface area contributed by atoms with Crippen molar-refractivity contribution in [3.8, 4) is 0 Å². The van der Waals surface area contributed by atoms with Crippen LogP contribution in [0.15, 0.2) is 23.0 Å². The summed E-state index contributed by atoms with van der Waals surface area (Å²) in [6, 6.07) is 4.62. The molecular weight excluding hydrogens is 420 g/mol. The van der Waals surface area contributed by atoms with Gasteiger partial charge in [0.05, 0.1) is 0 Å². The number of aromatic nitrogens is 1. The van der Waals surface area contributed by atoms with Gasteiger partial charge in [0.2, 0.25) is 5.91 Å². The first-order valence-electron chi connectivity index (χ1n) is 12.5. The van der Waals surface area contributed by atoms with Crippen LogP contribution >= 0.6 is 0 Å². The van der Waals surface area contributed by atoms with Gasteiger partial charge in [0.1, 0.15) is 6.04 Å². The monoisotopic (exact) mass is 460 g/mol. The lowest BCUT2D eigenvalue weighted by atomic mass is 9.83. The number of fused-ring (bicyclic) bond motifs is 4. The molecule has 1 aromatic heterocycles. The fraction of sp³-hybridized carbons (Fsp3) is 0.720. The summed E-state index contributed by atoms with van der Waals surface area (Å²) in [4.78, 5) is 40.1. The molecule has 0 spiro atoms. The van der Waals surface area contributed by atoms with Gasteiger partial charge in [-0.1, -0.05) is 39.7 Å². The Hall–Kier alpha value is -2.35. The normalized spacial score (nSPS) is 21.1. The van der Waals surface area contributed by atoms with E-state index in [-0.39, 0.29) is 35.3 Å². The van der Waals surface area contributed by atoms with Gasteiger partial charge in [-0.05, 0) is 37.2 Å². The lowest BCUT2D eigenvalue weighted by molar-refractivity contribution is -0.124. The molecule has 1 aromatic rings. The fourth-order valence-electron chi connectivity index (χ4n) is 4.83. The third-order valence-electron chi connectivity index (χ3n) is 6.95. The number of hydrogen-bond acceptors (Lipinski definition) is 4. The molecule has 33 heavy (non-hydrogen) atoms. The van der Waals surface area contributed by atoms with Crippen LogP contribution in [0, 0.1) is 11.8 Å². The Morgan fingerprint density at radius 3 is 2.70 bits per heavy atom. The molecule has 0 saturated carbocycles. The maximum atomic E-state index is 13.2. The number of nitrogens with zero attached hydrogens (tertiary/aromatic N) is 2. The van der Waals surface area contributed by atoms with Gasteiger partial charge < -0.3 is 24.8 Å². The zero-order chi connectivity index (χ0) is 23.8. The van der Waals surface area contributed by atoms with Gasteiger partial charge >= 0.3 is 6.03 Å². The molecule has 8 heteroatoms. The molecule has 2 aliphatic heterocycles. The Bertz CT molecular complexity index is 855. The van der Waals surface area contributed by atoms with Crippen LogP contribution < -0.4 is 16.2 Å². The predicted molar refractivity (Wildman–Crippen MR) is 128 cm³/mol. The number of unbranched alkanes of at least 4 members (excludes halogenated alkanes) is 1. The third kappa shape index (κ3) is 6.59. The van der Waals surface area contributed by atoms with E-state index in [4.69, 9.17) is 4.74 Å². The van der Waals surface area contributed by atoms with Crippen molar-refractivity contribution >= 4 is 11.9 Å². The molecule has 2 bridgehead atoms. The number of urea groups is 1. The van der Waals surface area contributed by atoms with E-state index in [1.54, 1.807) is 12.1 Å². The van der Waals surface area contributed by atoms with Crippen molar-refractivity contribution in [2.45, 2.75) is 71.4 Å². The highest BCUT2D eigenvalue weighted by atomic mass is 16.5. The average molecular weight is 461 g/mol. The van der Waals surface area contributed by atoms with Crippen molar-refractivity contribution in [2.75, 3.05) is 32.8 Å². The van der Waals surface area contributed by atoms with E-state index in [1.807, 2.05) is 29.4 Å². The number of likely N-dealkylation sites (tertiary alicyclic amines) is 1. The highest BCUT2D eigenvalue weighted by molar-refractivity contribution is 5.87. The number of pyridine rings is 1. The standard InChI is InChI=1S/C25H40N4O4/c1-4-6-12-33-13-8-11-26-24(31)23(18(3)5-2)27-25(32)28-15-19-14-20(17-28)21-9-7-10-22(30)29(21)16-19/h7,9-10,18-20,23H,4-6,8,11-17H2,1-3H3,(H,26,31)(H,27,32).